The number of ether oxygens (including phenoxy) is 1. The van der Waals surface area contributed by atoms with E-state index in [-0.39, 0.29) is 11.7 Å². The number of hydrogen-bond acceptors (Lipinski definition) is 4. The summed E-state index contributed by atoms with van der Waals surface area (Å²) >= 11 is 0. The van der Waals surface area contributed by atoms with Crippen molar-refractivity contribution in [3.8, 4) is 5.75 Å². The molecule has 2 N–H and O–H groups in total. The second kappa shape index (κ2) is 5.44. The number of nitrogens with zero attached hydrogens (tertiary/aromatic N) is 1. The van der Waals surface area contributed by atoms with E-state index in [1.54, 1.807) is 19.2 Å². The maximum absolute atomic E-state index is 10.9. The van der Waals surface area contributed by atoms with Crippen molar-refractivity contribution in [2.24, 2.45) is 0 Å². The van der Waals surface area contributed by atoms with Gasteiger partial charge in [0.05, 0.1) is 7.11 Å². The van der Waals surface area contributed by atoms with E-state index in [1.165, 1.54) is 11.6 Å². The van der Waals surface area contributed by atoms with Gasteiger partial charge in [0.2, 0.25) is 0 Å². The van der Waals surface area contributed by atoms with Crippen LogP contribution in [-0.2, 0) is 0 Å². The van der Waals surface area contributed by atoms with E-state index in [4.69, 9.17) is 9.84 Å². The number of carboxylic acid groups (broad SMARTS) is 1. The molecule has 0 saturated heterocycles. The highest BCUT2D eigenvalue weighted by atomic mass is 16.5. The molecule has 0 aliphatic heterocycles. The van der Waals surface area contributed by atoms with Crippen LogP contribution in [-0.4, -0.2) is 29.2 Å². The van der Waals surface area contributed by atoms with E-state index in [0.29, 0.717) is 11.7 Å². The molecule has 1 heterocycles. The van der Waals surface area contributed by atoms with Gasteiger partial charge in [0.1, 0.15) is 11.6 Å². The molecule has 1 aromatic carbocycles. The van der Waals surface area contributed by atoms with Gasteiger partial charge in [-0.05, 0) is 36.2 Å². The SMILES string of the molecule is COc1cccc([C@@H]2C[C@H]2Nc2cccc(C(=O)O)n2)c1. The molecule has 0 amide bonds. The van der Waals surface area contributed by atoms with E-state index >= 15 is 0 Å². The molecule has 108 valence electrons. The van der Waals surface area contributed by atoms with Crippen molar-refractivity contribution in [2.75, 3.05) is 12.4 Å². The Kier molecular flexibility index (Phi) is 3.48. The van der Waals surface area contributed by atoms with E-state index < -0.39 is 5.97 Å². The summed E-state index contributed by atoms with van der Waals surface area (Å²) in [6, 6.07) is 13.3. The minimum Gasteiger partial charge on any atom is -0.497 e. The lowest BCUT2D eigenvalue weighted by Gasteiger charge is -2.07. The lowest BCUT2D eigenvalue weighted by molar-refractivity contribution is 0.0690. The Morgan fingerprint density at radius 1 is 1.33 bits per heavy atom. The van der Waals surface area contributed by atoms with Crippen molar-refractivity contribution in [3.05, 3.63) is 53.7 Å². The van der Waals surface area contributed by atoms with Gasteiger partial charge in [0, 0.05) is 12.0 Å². The molecule has 0 spiro atoms. The second-order valence-corrected chi connectivity index (χ2v) is 5.08. The number of nitrogens with one attached hydrogen (secondary N) is 1. The average molecular weight is 284 g/mol. The Bertz CT molecular complexity index is 672. The van der Waals surface area contributed by atoms with Crippen LogP contribution in [0.4, 0.5) is 5.82 Å². The van der Waals surface area contributed by atoms with Crippen molar-refractivity contribution in [3.63, 3.8) is 0 Å². The third-order valence-corrected chi connectivity index (χ3v) is 3.61. The summed E-state index contributed by atoms with van der Waals surface area (Å²) in [6.45, 7) is 0. The molecule has 1 saturated carbocycles. The zero-order chi connectivity index (χ0) is 14.8. The Labute approximate surface area is 122 Å². The predicted molar refractivity (Wildman–Crippen MR) is 79.0 cm³/mol. The molecule has 2 aromatic rings. The smallest absolute Gasteiger partial charge is 0.354 e. The fourth-order valence-electron chi connectivity index (χ4n) is 2.42. The summed E-state index contributed by atoms with van der Waals surface area (Å²) in [4.78, 5) is 15.0. The van der Waals surface area contributed by atoms with Crippen molar-refractivity contribution in [2.45, 2.75) is 18.4 Å². The van der Waals surface area contributed by atoms with Gasteiger partial charge in [0.25, 0.3) is 0 Å². The molecular formula is C16H16N2O3. The third kappa shape index (κ3) is 2.97. The van der Waals surface area contributed by atoms with Crippen LogP contribution >= 0.6 is 0 Å². The molecule has 2 atom stereocenters. The molecule has 0 unspecified atom stereocenters. The van der Waals surface area contributed by atoms with Gasteiger partial charge in [-0.3, -0.25) is 0 Å². The topological polar surface area (TPSA) is 71.5 Å². The lowest BCUT2D eigenvalue weighted by atomic mass is 10.1. The van der Waals surface area contributed by atoms with Gasteiger partial charge >= 0.3 is 5.97 Å². The number of methoxy groups -OCH3 is 1. The quantitative estimate of drug-likeness (QED) is 0.883. The first-order valence-corrected chi connectivity index (χ1v) is 6.78. The van der Waals surface area contributed by atoms with Crippen LogP contribution in [0.1, 0.15) is 28.4 Å². The number of aromatic carboxylic acids is 1. The summed E-state index contributed by atoms with van der Waals surface area (Å²) in [6.07, 6.45) is 1.01. The van der Waals surface area contributed by atoms with Crippen LogP contribution in [0, 0.1) is 0 Å². The molecular weight excluding hydrogens is 268 g/mol. The van der Waals surface area contributed by atoms with E-state index in [0.717, 1.165) is 12.2 Å². The monoisotopic (exact) mass is 284 g/mol. The molecule has 1 aliphatic carbocycles. The average Bonchev–Trinajstić information content (AvgIpc) is 3.27. The molecule has 5 heteroatoms. The first-order valence-electron chi connectivity index (χ1n) is 6.78. The van der Waals surface area contributed by atoms with E-state index in [2.05, 4.69) is 16.4 Å². The molecule has 1 aliphatic rings. The Morgan fingerprint density at radius 3 is 2.90 bits per heavy atom. The number of anilines is 1. The van der Waals surface area contributed by atoms with Gasteiger partial charge in [-0.1, -0.05) is 18.2 Å². The number of hydrogen-bond donors (Lipinski definition) is 2. The van der Waals surface area contributed by atoms with Gasteiger partial charge < -0.3 is 15.2 Å². The van der Waals surface area contributed by atoms with Crippen molar-refractivity contribution < 1.29 is 14.6 Å². The van der Waals surface area contributed by atoms with Gasteiger partial charge in [-0.25, -0.2) is 9.78 Å². The standard InChI is InChI=1S/C16H16N2O3/c1-21-11-5-2-4-10(8-11)12-9-14(12)18-15-7-3-6-13(17-15)16(19)20/h2-8,12,14H,9H2,1H3,(H,17,18)(H,19,20)/t12-,14+/m0/s1. The largest absolute Gasteiger partial charge is 0.497 e. The minimum atomic E-state index is -1.02. The summed E-state index contributed by atoms with van der Waals surface area (Å²) in [7, 11) is 1.66. The van der Waals surface area contributed by atoms with Crippen LogP contribution < -0.4 is 10.1 Å². The molecule has 1 fully saturated rings. The van der Waals surface area contributed by atoms with Crippen LogP contribution in [0.25, 0.3) is 0 Å². The maximum atomic E-state index is 10.9. The minimum absolute atomic E-state index is 0.0542. The Morgan fingerprint density at radius 2 is 2.14 bits per heavy atom. The zero-order valence-electron chi connectivity index (χ0n) is 11.6. The maximum Gasteiger partial charge on any atom is 0.354 e. The number of benzene rings is 1. The van der Waals surface area contributed by atoms with E-state index in [9.17, 15) is 4.79 Å². The lowest BCUT2D eigenvalue weighted by Crippen LogP contribution is -2.08. The molecule has 5 nitrogen and oxygen atoms in total. The number of rotatable bonds is 5. The fraction of sp³-hybridized carbons (Fsp3) is 0.250. The van der Waals surface area contributed by atoms with Crippen LogP contribution in [0.2, 0.25) is 0 Å². The van der Waals surface area contributed by atoms with Crippen molar-refractivity contribution in [1.82, 2.24) is 4.98 Å². The summed E-state index contributed by atoms with van der Waals surface area (Å²) in [5.41, 5.74) is 1.28. The first-order chi connectivity index (χ1) is 10.2. The van der Waals surface area contributed by atoms with Crippen LogP contribution in [0.3, 0.4) is 0 Å². The highest BCUT2D eigenvalue weighted by Gasteiger charge is 2.38. The van der Waals surface area contributed by atoms with Crippen LogP contribution in [0.5, 0.6) is 5.75 Å². The van der Waals surface area contributed by atoms with Crippen LogP contribution in [0.15, 0.2) is 42.5 Å². The van der Waals surface area contributed by atoms with Crippen molar-refractivity contribution >= 4 is 11.8 Å². The fourth-order valence-corrected chi connectivity index (χ4v) is 2.42. The molecule has 0 radical (unpaired) electrons. The van der Waals surface area contributed by atoms with Gasteiger partial charge in [0.15, 0.2) is 5.69 Å². The van der Waals surface area contributed by atoms with Crippen molar-refractivity contribution in [1.29, 1.82) is 0 Å². The second-order valence-electron chi connectivity index (χ2n) is 5.08. The zero-order valence-corrected chi connectivity index (χ0v) is 11.6. The number of pyridine rings is 1. The summed E-state index contributed by atoms with van der Waals surface area (Å²) in [5.74, 6) is 0.851. The predicted octanol–water partition coefficient (Wildman–Crippen LogP) is 2.76. The Balaban J connectivity index is 1.68. The first kappa shape index (κ1) is 13.4. The highest BCUT2D eigenvalue weighted by Crippen LogP contribution is 2.43. The Hall–Kier alpha value is -2.56. The molecule has 1 aromatic heterocycles. The van der Waals surface area contributed by atoms with Gasteiger partial charge in [-0.2, -0.15) is 0 Å². The summed E-state index contributed by atoms with van der Waals surface area (Å²) < 4.78 is 5.23. The molecule has 3 rings (SSSR count). The number of carboxylic acids is 1. The molecule has 0 bridgehead atoms. The highest BCUT2D eigenvalue weighted by molar-refractivity contribution is 5.85. The molecule has 21 heavy (non-hydrogen) atoms. The van der Waals surface area contributed by atoms with E-state index in [1.807, 2.05) is 18.2 Å². The number of aromatic nitrogens is 1. The third-order valence-electron chi connectivity index (χ3n) is 3.61. The summed E-state index contributed by atoms with van der Waals surface area (Å²) in [5, 5.41) is 12.2. The number of carbonyl (C=O) groups is 1. The van der Waals surface area contributed by atoms with Gasteiger partial charge in [-0.15, -0.1) is 0 Å². The normalized spacial score (nSPS) is 19.9.